The zero-order valence-corrected chi connectivity index (χ0v) is 13.8. The van der Waals surface area contributed by atoms with Gasteiger partial charge in [0, 0.05) is 25.1 Å². The highest BCUT2D eigenvalue weighted by Gasteiger charge is 2.21. The normalized spacial score (nSPS) is 11.9. The van der Waals surface area contributed by atoms with Crippen molar-refractivity contribution in [3.05, 3.63) is 29.3 Å². The van der Waals surface area contributed by atoms with E-state index in [1.807, 2.05) is 13.8 Å². The molecular formula is C17H25NO4. The second kappa shape index (κ2) is 8.54. The first-order valence-electron chi connectivity index (χ1n) is 7.63. The quantitative estimate of drug-likeness (QED) is 0.749. The van der Waals surface area contributed by atoms with Crippen molar-refractivity contribution in [1.82, 2.24) is 4.90 Å². The fraction of sp³-hybridized carbons (Fsp3) is 0.529. The number of methoxy groups -OCH3 is 1. The highest BCUT2D eigenvalue weighted by molar-refractivity contribution is 6.08. The summed E-state index contributed by atoms with van der Waals surface area (Å²) in [5.41, 5.74) is 0.747. The Morgan fingerprint density at radius 1 is 1.23 bits per heavy atom. The summed E-state index contributed by atoms with van der Waals surface area (Å²) in [5, 5.41) is 9.34. The highest BCUT2D eigenvalue weighted by atomic mass is 16.5. The van der Waals surface area contributed by atoms with Crippen molar-refractivity contribution < 1.29 is 19.4 Å². The van der Waals surface area contributed by atoms with Crippen molar-refractivity contribution in [1.29, 1.82) is 0 Å². The molecule has 122 valence electrons. The number of carbonyl (C=O) groups excluding carboxylic acids is 2. The van der Waals surface area contributed by atoms with E-state index >= 15 is 0 Å². The van der Waals surface area contributed by atoms with Crippen LogP contribution in [0.1, 0.15) is 54.3 Å². The van der Waals surface area contributed by atoms with Gasteiger partial charge in [0.05, 0.1) is 18.8 Å². The average molecular weight is 307 g/mol. The van der Waals surface area contributed by atoms with Crippen LogP contribution in [-0.2, 0) is 0 Å². The van der Waals surface area contributed by atoms with Crippen LogP contribution < -0.4 is 4.74 Å². The van der Waals surface area contributed by atoms with Gasteiger partial charge in [0.15, 0.2) is 5.78 Å². The lowest BCUT2D eigenvalue weighted by Crippen LogP contribution is -2.31. The minimum absolute atomic E-state index is 0.157. The van der Waals surface area contributed by atoms with Crippen molar-refractivity contribution in [2.45, 2.75) is 39.7 Å². The number of ether oxygens (including phenoxy) is 1. The monoisotopic (exact) mass is 307 g/mol. The van der Waals surface area contributed by atoms with Crippen LogP contribution >= 0.6 is 0 Å². The fourth-order valence-corrected chi connectivity index (χ4v) is 2.22. The van der Waals surface area contributed by atoms with Gasteiger partial charge in [-0.15, -0.1) is 0 Å². The molecule has 0 radical (unpaired) electrons. The molecule has 5 heteroatoms. The van der Waals surface area contributed by atoms with Crippen molar-refractivity contribution in [3.8, 4) is 5.75 Å². The van der Waals surface area contributed by atoms with Gasteiger partial charge in [-0.2, -0.15) is 0 Å². The number of rotatable bonds is 8. The summed E-state index contributed by atoms with van der Waals surface area (Å²) < 4.78 is 5.15. The predicted octanol–water partition coefficient (Wildman–Crippen LogP) is 2.52. The summed E-state index contributed by atoms with van der Waals surface area (Å²) in [4.78, 5) is 26.6. The predicted molar refractivity (Wildman–Crippen MR) is 85.5 cm³/mol. The summed E-state index contributed by atoms with van der Waals surface area (Å²) in [6, 6.07) is 4.92. The number of hydrogen-bond acceptors (Lipinski definition) is 4. The standard InChI is InChI=1S/C17H25NO4/c1-5-18(6-2)17(21)14-9-8-13(22-4)11-15(14)16(20)10-7-12(3)19/h8-9,11-12,19H,5-7,10H2,1-4H3. The summed E-state index contributed by atoms with van der Waals surface area (Å²) >= 11 is 0. The van der Waals surface area contributed by atoms with Gasteiger partial charge in [0.25, 0.3) is 5.91 Å². The fourth-order valence-electron chi connectivity index (χ4n) is 2.22. The Labute approximate surface area is 131 Å². The smallest absolute Gasteiger partial charge is 0.254 e. The van der Waals surface area contributed by atoms with E-state index in [9.17, 15) is 14.7 Å². The highest BCUT2D eigenvalue weighted by Crippen LogP contribution is 2.21. The topological polar surface area (TPSA) is 66.8 Å². The van der Waals surface area contributed by atoms with E-state index in [4.69, 9.17) is 4.74 Å². The molecule has 0 aliphatic carbocycles. The molecular weight excluding hydrogens is 282 g/mol. The Kier molecular flexibility index (Phi) is 7.05. The molecule has 0 heterocycles. The molecule has 1 N–H and O–H groups in total. The molecule has 0 bridgehead atoms. The van der Waals surface area contributed by atoms with Crippen molar-refractivity contribution in [2.24, 2.45) is 0 Å². The third kappa shape index (κ3) is 4.56. The number of aliphatic hydroxyl groups is 1. The molecule has 0 fully saturated rings. The number of nitrogens with zero attached hydrogens (tertiary/aromatic N) is 1. The lowest BCUT2D eigenvalue weighted by molar-refractivity contribution is 0.0766. The Balaban J connectivity index is 3.16. The third-order valence-corrected chi connectivity index (χ3v) is 3.60. The SMILES string of the molecule is CCN(CC)C(=O)c1ccc(OC)cc1C(=O)CCC(C)O. The maximum Gasteiger partial charge on any atom is 0.254 e. The van der Waals surface area contributed by atoms with Crippen molar-refractivity contribution in [3.63, 3.8) is 0 Å². The van der Waals surface area contributed by atoms with E-state index in [-0.39, 0.29) is 18.1 Å². The van der Waals surface area contributed by atoms with Crippen LogP contribution in [0.5, 0.6) is 5.75 Å². The molecule has 0 spiro atoms. The molecule has 5 nitrogen and oxygen atoms in total. The summed E-state index contributed by atoms with van der Waals surface area (Å²) in [6.45, 7) is 6.62. The minimum atomic E-state index is -0.545. The molecule has 0 saturated carbocycles. The first-order valence-corrected chi connectivity index (χ1v) is 7.63. The van der Waals surface area contributed by atoms with Crippen LogP contribution in [0.2, 0.25) is 0 Å². The molecule has 1 aromatic carbocycles. The number of Topliss-reactive ketones (excluding diaryl/α,β-unsaturated/α-hetero) is 1. The number of ketones is 1. The van der Waals surface area contributed by atoms with Crippen LogP contribution in [-0.4, -0.2) is 48.0 Å². The van der Waals surface area contributed by atoms with Crippen molar-refractivity contribution >= 4 is 11.7 Å². The van der Waals surface area contributed by atoms with E-state index in [1.54, 1.807) is 30.0 Å². The minimum Gasteiger partial charge on any atom is -0.497 e. The van der Waals surface area contributed by atoms with Gasteiger partial charge in [-0.05, 0) is 45.4 Å². The Hall–Kier alpha value is -1.88. The largest absolute Gasteiger partial charge is 0.497 e. The van der Waals surface area contributed by atoms with Crippen LogP contribution in [0.25, 0.3) is 0 Å². The molecule has 1 atom stereocenters. The number of carbonyl (C=O) groups is 2. The lowest BCUT2D eigenvalue weighted by atomic mass is 9.98. The first-order chi connectivity index (χ1) is 10.4. The summed E-state index contributed by atoms with van der Waals surface area (Å²) in [6.07, 6.45) is 0.0229. The molecule has 0 aliphatic rings. The zero-order valence-electron chi connectivity index (χ0n) is 13.8. The van der Waals surface area contributed by atoms with E-state index < -0.39 is 6.10 Å². The third-order valence-electron chi connectivity index (χ3n) is 3.60. The van der Waals surface area contributed by atoms with Gasteiger partial charge < -0.3 is 14.7 Å². The van der Waals surface area contributed by atoms with Crippen LogP contribution in [0.15, 0.2) is 18.2 Å². The maximum absolute atomic E-state index is 12.6. The lowest BCUT2D eigenvalue weighted by Gasteiger charge is -2.20. The number of benzene rings is 1. The molecule has 0 aliphatic heterocycles. The summed E-state index contributed by atoms with van der Waals surface area (Å²) in [5.74, 6) is 0.222. The Bertz CT molecular complexity index is 521. The molecule has 1 aromatic rings. The van der Waals surface area contributed by atoms with Gasteiger partial charge >= 0.3 is 0 Å². The molecule has 1 rings (SSSR count). The first kappa shape index (κ1) is 18.2. The molecule has 0 saturated heterocycles. The van der Waals surface area contributed by atoms with Gasteiger partial charge in [0.1, 0.15) is 5.75 Å². The second-order valence-electron chi connectivity index (χ2n) is 5.20. The molecule has 22 heavy (non-hydrogen) atoms. The number of amides is 1. The van der Waals surface area contributed by atoms with E-state index in [0.717, 1.165) is 0 Å². The molecule has 0 aromatic heterocycles. The molecule has 1 unspecified atom stereocenters. The van der Waals surface area contributed by atoms with Gasteiger partial charge in [0.2, 0.25) is 0 Å². The second-order valence-corrected chi connectivity index (χ2v) is 5.20. The Morgan fingerprint density at radius 2 is 1.86 bits per heavy atom. The van der Waals surface area contributed by atoms with Gasteiger partial charge in [-0.25, -0.2) is 0 Å². The molecule has 1 amide bonds. The van der Waals surface area contributed by atoms with Gasteiger partial charge in [-0.1, -0.05) is 0 Å². The zero-order chi connectivity index (χ0) is 16.7. The maximum atomic E-state index is 12.6. The van der Waals surface area contributed by atoms with Gasteiger partial charge in [-0.3, -0.25) is 9.59 Å². The average Bonchev–Trinajstić information content (AvgIpc) is 2.52. The number of hydrogen-bond donors (Lipinski definition) is 1. The van der Waals surface area contributed by atoms with Crippen LogP contribution in [0.3, 0.4) is 0 Å². The summed E-state index contributed by atoms with van der Waals surface area (Å²) in [7, 11) is 1.52. The number of aliphatic hydroxyl groups excluding tert-OH is 1. The van der Waals surface area contributed by atoms with E-state index in [1.165, 1.54) is 7.11 Å². The van der Waals surface area contributed by atoms with Crippen LogP contribution in [0.4, 0.5) is 0 Å². The Morgan fingerprint density at radius 3 is 2.36 bits per heavy atom. The van der Waals surface area contributed by atoms with Crippen molar-refractivity contribution in [2.75, 3.05) is 20.2 Å². The van der Waals surface area contributed by atoms with E-state index in [0.29, 0.717) is 36.4 Å². The van der Waals surface area contributed by atoms with E-state index in [2.05, 4.69) is 0 Å². The van der Waals surface area contributed by atoms with Crippen LogP contribution in [0, 0.1) is 0 Å².